The van der Waals surface area contributed by atoms with Crippen LogP contribution in [0.2, 0.25) is 0 Å². The molecule has 0 saturated carbocycles. The van der Waals surface area contributed by atoms with Gasteiger partial charge in [0.1, 0.15) is 11.8 Å². The molecular weight excluding hydrogens is 240 g/mol. The highest BCUT2D eigenvalue weighted by atomic mass is 15.2. The molecule has 102 valence electrons. The first kappa shape index (κ1) is 12.3. The second kappa shape index (κ2) is 5.52. The third kappa shape index (κ3) is 2.68. The molecule has 2 aromatic rings. The molecule has 1 atom stereocenters. The summed E-state index contributed by atoms with van der Waals surface area (Å²) in [5.41, 5.74) is 1.59. The SMILES string of the molecule is CC(CNc1ncnc2nc[nH]c12)N1CCCCC1. The van der Waals surface area contributed by atoms with Crippen molar-refractivity contribution in [3.63, 3.8) is 0 Å². The molecule has 19 heavy (non-hydrogen) atoms. The minimum atomic E-state index is 0.522. The van der Waals surface area contributed by atoms with Crippen LogP contribution in [0.25, 0.3) is 11.2 Å². The summed E-state index contributed by atoms with van der Waals surface area (Å²) in [6, 6.07) is 0.522. The van der Waals surface area contributed by atoms with Gasteiger partial charge in [0, 0.05) is 12.6 Å². The summed E-state index contributed by atoms with van der Waals surface area (Å²) in [6.45, 7) is 5.59. The molecule has 1 fully saturated rings. The number of fused-ring (bicyclic) bond motifs is 1. The molecule has 0 aliphatic carbocycles. The van der Waals surface area contributed by atoms with E-state index in [1.807, 2.05) is 0 Å². The lowest BCUT2D eigenvalue weighted by atomic mass is 10.1. The zero-order chi connectivity index (χ0) is 13.1. The van der Waals surface area contributed by atoms with Gasteiger partial charge < -0.3 is 10.3 Å². The van der Waals surface area contributed by atoms with Gasteiger partial charge in [0.2, 0.25) is 0 Å². The van der Waals surface area contributed by atoms with E-state index < -0.39 is 0 Å². The molecule has 0 aromatic carbocycles. The van der Waals surface area contributed by atoms with Crippen LogP contribution < -0.4 is 5.32 Å². The Kier molecular flexibility index (Phi) is 3.59. The minimum Gasteiger partial charge on any atom is -0.367 e. The summed E-state index contributed by atoms with van der Waals surface area (Å²) in [7, 11) is 0. The quantitative estimate of drug-likeness (QED) is 0.874. The number of hydrogen-bond acceptors (Lipinski definition) is 5. The summed E-state index contributed by atoms with van der Waals surface area (Å²) in [4.78, 5) is 18.2. The van der Waals surface area contributed by atoms with Crippen LogP contribution in [0.1, 0.15) is 26.2 Å². The van der Waals surface area contributed by atoms with Gasteiger partial charge in [0.05, 0.1) is 6.33 Å². The van der Waals surface area contributed by atoms with Crippen LogP contribution in [0.5, 0.6) is 0 Å². The van der Waals surface area contributed by atoms with Crippen molar-refractivity contribution in [2.24, 2.45) is 0 Å². The van der Waals surface area contributed by atoms with Gasteiger partial charge in [-0.3, -0.25) is 4.90 Å². The molecule has 0 amide bonds. The Morgan fingerprint density at radius 1 is 1.26 bits per heavy atom. The second-order valence-electron chi connectivity index (χ2n) is 5.15. The predicted molar refractivity (Wildman–Crippen MR) is 75.1 cm³/mol. The topological polar surface area (TPSA) is 69.7 Å². The van der Waals surface area contributed by atoms with Crippen LogP contribution in [-0.2, 0) is 0 Å². The van der Waals surface area contributed by atoms with Gasteiger partial charge in [-0.1, -0.05) is 6.42 Å². The average Bonchev–Trinajstić information content (AvgIpc) is 2.94. The maximum Gasteiger partial charge on any atom is 0.182 e. The van der Waals surface area contributed by atoms with Gasteiger partial charge in [-0.25, -0.2) is 15.0 Å². The van der Waals surface area contributed by atoms with Crippen molar-refractivity contribution < 1.29 is 0 Å². The number of nitrogens with zero attached hydrogens (tertiary/aromatic N) is 4. The van der Waals surface area contributed by atoms with E-state index >= 15 is 0 Å². The Bertz CT molecular complexity index is 531. The Morgan fingerprint density at radius 3 is 2.95 bits per heavy atom. The number of rotatable bonds is 4. The average molecular weight is 260 g/mol. The molecule has 6 nitrogen and oxygen atoms in total. The van der Waals surface area contributed by atoms with Crippen molar-refractivity contribution in [1.82, 2.24) is 24.8 Å². The molecule has 2 aromatic heterocycles. The zero-order valence-corrected chi connectivity index (χ0v) is 11.3. The van der Waals surface area contributed by atoms with Gasteiger partial charge >= 0.3 is 0 Å². The lowest BCUT2D eigenvalue weighted by Gasteiger charge is -2.32. The molecule has 0 radical (unpaired) electrons. The number of H-pyrrole nitrogens is 1. The molecule has 6 heteroatoms. The van der Waals surface area contributed by atoms with E-state index in [9.17, 15) is 0 Å². The predicted octanol–water partition coefficient (Wildman–Crippen LogP) is 1.64. The van der Waals surface area contributed by atoms with Crippen LogP contribution in [0, 0.1) is 0 Å². The van der Waals surface area contributed by atoms with E-state index in [1.165, 1.54) is 32.4 Å². The van der Waals surface area contributed by atoms with Gasteiger partial charge in [-0.2, -0.15) is 0 Å². The number of anilines is 1. The number of likely N-dealkylation sites (tertiary alicyclic amines) is 1. The van der Waals surface area contributed by atoms with Crippen LogP contribution in [0.3, 0.4) is 0 Å². The smallest absolute Gasteiger partial charge is 0.182 e. The first-order valence-electron chi connectivity index (χ1n) is 6.96. The second-order valence-corrected chi connectivity index (χ2v) is 5.15. The van der Waals surface area contributed by atoms with Crippen molar-refractivity contribution >= 4 is 17.0 Å². The summed E-state index contributed by atoms with van der Waals surface area (Å²) >= 11 is 0. The van der Waals surface area contributed by atoms with Crippen molar-refractivity contribution in [3.05, 3.63) is 12.7 Å². The molecule has 1 saturated heterocycles. The lowest BCUT2D eigenvalue weighted by molar-refractivity contribution is 0.180. The standard InChI is InChI=1S/C13H20N6/c1-10(19-5-3-2-4-6-19)7-14-12-11-13(16-8-15-11)18-9-17-12/h8-10H,2-7H2,1H3,(H2,14,15,16,17,18). The van der Waals surface area contributed by atoms with Crippen molar-refractivity contribution in [1.29, 1.82) is 0 Å². The van der Waals surface area contributed by atoms with E-state index in [-0.39, 0.29) is 0 Å². The van der Waals surface area contributed by atoms with E-state index in [1.54, 1.807) is 12.7 Å². The number of nitrogens with one attached hydrogen (secondary N) is 2. The number of piperidine rings is 1. The Morgan fingerprint density at radius 2 is 2.11 bits per heavy atom. The molecule has 0 bridgehead atoms. The van der Waals surface area contributed by atoms with E-state index in [0.717, 1.165) is 17.9 Å². The maximum atomic E-state index is 4.28. The fourth-order valence-electron chi connectivity index (χ4n) is 2.63. The Balaban J connectivity index is 1.63. The van der Waals surface area contributed by atoms with Crippen LogP contribution in [0.15, 0.2) is 12.7 Å². The molecule has 2 N–H and O–H groups in total. The van der Waals surface area contributed by atoms with Crippen LogP contribution >= 0.6 is 0 Å². The first-order valence-corrected chi connectivity index (χ1v) is 6.96. The zero-order valence-electron chi connectivity index (χ0n) is 11.3. The van der Waals surface area contributed by atoms with Crippen LogP contribution in [0.4, 0.5) is 5.82 Å². The van der Waals surface area contributed by atoms with Crippen LogP contribution in [-0.4, -0.2) is 50.5 Å². The minimum absolute atomic E-state index is 0.522. The Hall–Kier alpha value is -1.69. The Labute approximate surface area is 112 Å². The summed E-state index contributed by atoms with van der Waals surface area (Å²) in [6.07, 6.45) is 7.22. The molecule has 3 heterocycles. The normalized spacial score (nSPS) is 18.6. The number of imidazole rings is 1. The van der Waals surface area contributed by atoms with Gasteiger partial charge in [-0.05, 0) is 32.9 Å². The highest BCUT2D eigenvalue weighted by Crippen LogP contribution is 2.16. The highest BCUT2D eigenvalue weighted by Gasteiger charge is 2.16. The van der Waals surface area contributed by atoms with E-state index in [4.69, 9.17) is 0 Å². The van der Waals surface area contributed by atoms with E-state index in [2.05, 4.69) is 37.1 Å². The number of hydrogen-bond donors (Lipinski definition) is 2. The monoisotopic (exact) mass is 260 g/mol. The first-order chi connectivity index (χ1) is 9.34. The van der Waals surface area contributed by atoms with Gasteiger partial charge in [0.25, 0.3) is 0 Å². The van der Waals surface area contributed by atoms with Crippen molar-refractivity contribution in [2.45, 2.75) is 32.2 Å². The highest BCUT2D eigenvalue weighted by molar-refractivity contribution is 5.81. The molecule has 3 rings (SSSR count). The van der Waals surface area contributed by atoms with Crippen molar-refractivity contribution in [2.75, 3.05) is 25.0 Å². The third-order valence-electron chi connectivity index (χ3n) is 3.80. The summed E-state index contributed by atoms with van der Waals surface area (Å²) < 4.78 is 0. The molecule has 1 unspecified atom stereocenters. The van der Waals surface area contributed by atoms with E-state index in [0.29, 0.717) is 11.7 Å². The summed E-state index contributed by atoms with van der Waals surface area (Å²) in [5.74, 6) is 0.839. The van der Waals surface area contributed by atoms with Gasteiger partial charge in [0.15, 0.2) is 11.5 Å². The largest absolute Gasteiger partial charge is 0.367 e. The molecular formula is C13H20N6. The third-order valence-corrected chi connectivity index (χ3v) is 3.80. The fourth-order valence-corrected chi connectivity index (χ4v) is 2.63. The number of aromatic amines is 1. The van der Waals surface area contributed by atoms with Gasteiger partial charge in [-0.15, -0.1) is 0 Å². The van der Waals surface area contributed by atoms with Crippen molar-refractivity contribution in [3.8, 4) is 0 Å². The molecule has 1 aliphatic heterocycles. The maximum absolute atomic E-state index is 4.28. The fraction of sp³-hybridized carbons (Fsp3) is 0.615. The number of aromatic nitrogens is 4. The lowest BCUT2D eigenvalue weighted by Crippen LogP contribution is -2.41. The summed E-state index contributed by atoms with van der Waals surface area (Å²) in [5, 5.41) is 3.41. The molecule has 0 spiro atoms. The molecule has 1 aliphatic rings.